The molecule has 2 aliphatic rings. The Labute approximate surface area is 152 Å². The number of fused-ring (bicyclic) bond motifs is 1. The van der Waals surface area contributed by atoms with E-state index < -0.39 is 0 Å². The van der Waals surface area contributed by atoms with Crippen molar-refractivity contribution in [2.75, 3.05) is 16.8 Å². The summed E-state index contributed by atoms with van der Waals surface area (Å²) in [6.07, 6.45) is 5.75. The zero-order valence-corrected chi connectivity index (χ0v) is 15.3. The third kappa shape index (κ3) is 2.98. The highest BCUT2D eigenvalue weighted by molar-refractivity contribution is 6.09. The Bertz CT molecular complexity index is 876. The van der Waals surface area contributed by atoms with Gasteiger partial charge in [0.1, 0.15) is 0 Å². The SMILES string of the molecule is CC(C)(C)n1nc(C(=O)N2CCC(=O)Nc3ccncc32)cc1C1CC1. The molecular formula is C19H23N5O2. The van der Waals surface area contributed by atoms with Crippen molar-refractivity contribution in [2.24, 2.45) is 0 Å². The lowest BCUT2D eigenvalue weighted by Crippen LogP contribution is -2.33. The van der Waals surface area contributed by atoms with Crippen molar-refractivity contribution >= 4 is 23.2 Å². The van der Waals surface area contributed by atoms with Gasteiger partial charge in [-0.05, 0) is 45.7 Å². The van der Waals surface area contributed by atoms with Gasteiger partial charge in [-0.1, -0.05) is 0 Å². The van der Waals surface area contributed by atoms with E-state index in [1.807, 2.05) is 10.7 Å². The molecule has 0 atom stereocenters. The Morgan fingerprint density at radius 1 is 1.31 bits per heavy atom. The third-order valence-corrected chi connectivity index (χ3v) is 4.76. The molecule has 2 aromatic rings. The maximum absolute atomic E-state index is 13.2. The average Bonchev–Trinajstić information content (AvgIpc) is 3.35. The van der Waals surface area contributed by atoms with E-state index in [1.165, 1.54) is 0 Å². The van der Waals surface area contributed by atoms with E-state index in [0.29, 0.717) is 29.5 Å². The molecule has 1 saturated carbocycles. The van der Waals surface area contributed by atoms with Crippen LogP contribution in [-0.4, -0.2) is 33.1 Å². The fraction of sp³-hybridized carbons (Fsp3) is 0.474. The molecule has 7 nitrogen and oxygen atoms in total. The standard InChI is InChI=1S/C19H23N5O2/c1-19(2,3)24-15(12-4-5-12)10-14(22-24)18(26)23-9-7-17(25)21-13-6-8-20-11-16(13)23/h6,8,10-12H,4-5,7,9H2,1-3H3,(H,21,25). The van der Waals surface area contributed by atoms with Crippen molar-refractivity contribution in [1.29, 1.82) is 0 Å². The van der Waals surface area contributed by atoms with E-state index in [-0.39, 0.29) is 23.8 Å². The molecule has 0 bridgehead atoms. The van der Waals surface area contributed by atoms with Crippen LogP contribution >= 0.6 is 0 Å². The normalized spacial score (nSPS) is 17.5. The summed E-state index contributed by atoms with van der Waals surface area (Å²) in [5.74, 6) is 0.192. The number of carbonyl (C=O) groups is 2. The maximum Gasteiger partial charge on any atom is 0.278 e. The first kappa shape index (κ1) is 16.8. The highest BCUT2D eigenvalue weighted by Gasteiger charge is 2.34. The fourth-order valence-corrected chi connectivity index (χ4v) is 3.31. The molecule has 0 radical (unpaired) electrons. The molecule has 136 valence electrons. The molecule has 1 aliphatic carbocycles. The van der Waals surface area contributed by atoms with Crippen LogP contribution in [0.1, 0.15) is 62.1 Å². The Hall–Kier alpha value is -2.70. The lowest BCUT2D eigenvalue weighted by Gasteiger charge is -2.23. The van der Waals surface area contributed by atoms with Crippen LogP contribution in [0.25, 0.3) is 0 Å². The minimum absolute atomic E-state index is 0.105. The van der Waals surface area contributed by atoms with Gasteiger partial charge in [0.15, 0.2) is 5.69 Å². The number of nitrogens with zero attached hydrogens (tertiary/aromatic N) is 4. The van der Waals surface area contributed by atoms with E-state index in [1.54, 1.807) is 23.4 Å². The number of pyridine rings is 1. The van der Waals surface area contributed by atoms with Crippen LogP contribution in [0.4, 0.5) is 11.4 Å². The van der Waals surface area contributed by atoms with Crippen LogP contribution < -0.4 is 10.2 Å². The molecule has 1 N–H and O–H groups in total. The van der Waals surface area contributed by atoms with Crippen molar-refractivity contribution in [3.05, 3.63) is 35.9 Å². The van der Waals surface area contributed by atoms with E-state index in [4.69, 9.17) is 0 Å². The number of amides is 2. The fourth-order valence-electron chi connectivity index (χ4n) is 3.31. The first-order valence-electron chi connectivity index (χ1n) is 9.01. The van der Waals surface area contributed by atoms with Gasteiger partial charge in [-0.3, -0.25) is 19.3 Å². The van der Waals surface area contributed by atoms with Gasteiger partial charge in [0, 0.05) is 30.8 Å². The Balaban J connectivity index is 1.73. The molecule has 2 amide bonds. The highest BCUT2D eigenvalue weighted by atomic mass is 16.2. The Morgan fingerprint density at radius 3 is 2.77 bits per heavy atom. The molecule has 2 aromatic heterocycles. The molecule has 1 aliphatic heterocycles. The van der Waals surface area contributed by atoms with Gasteiger partial charge >= 0.3 is 0 Å². The minimum Gasteiger partial charge on any atom is -0.324 e. The number of aromatic nitrogens is 3. The second-order valence-corrected chi connectivity index (χ2v) is 7.96. The highest BCUT2D eigenvalue weighted by Crippen LogP contribution is 2.42. The van der Waals surface area contributed by atoms with Crippen LogP contribution in [-0.2, 0) is 10.3 Å². The Morgan fingerprint density at radius 2 is 2.08 bits per heavy atom. The van der Waals surface area contributed by atoms with E-state index in [2.05, 4.69) is 36.2 Å². The predicted octanol–water partition coefficient (Wildman–Crippen LogP) is 2.90. The molecule has 0 aromatic carbocycles. The van der Waals surface area contributed by atoms with Gasteiger partial charge in [0.25, 0.3) is 5.91 Å². The third-order valence-electron chi connectivity index (χ3n) is 4.76. The van der Waals surface area contributed by atoms with Crippen molar-refractivity contribution in [2.45, 2.75) is 51.5 Å². The van der Waals surface area contributed by atoms with Gasteiger partial charge < -0.3 is 10.2 Å². The zero-order chi connectivity index (χ0) is 18.5. The minimum atomic E-state index is -0.194. The monoisotopic (exact) mass is 353 g/mol. The lowest BCUT2D eigenvalue weighted by atomic mass is 10.1. The van der Waals surface area contributed by atoms with Gasteiger partial charge in [0.05, 0.1) is 23.1 Å². The van der Waals surface area contributed by atoms with E-state index in [0.717, 1.165) is 18.5 Å². The van der Waals surface area contributed by atoms with Gasteiger partial charge in [-0.2, -0.15) is 5.10 Å². The summed E-state index contributed by atoms with van der Waals surface area (Å²) < 4.78 is 1.98. The molecule has 0 unspecified atom stereocenters. The number of hydrogen-bond acceptors (Lipinski definition) is 4. The van der Waals surface area contributed by atoms with Gasteiger partial charge in [-0.15, -0.1) is 0 Å². The quantitative estimate of drug-likeness (QED) is 0.900. The first-order chi connectivity index (χ1) is 12.3. The molecule has 3 heterocycles. The largest absolute Gasteiger partial charge is 0.324 e. The van der Waals surface area contributed by atoms with Crippen LogP contribution in [0.2, 0.25) is 0 Å². The van der Waals surface area contributed by atoms with E-state index >= 15 is 0 Å². The summed E-state index contributed by atoms with van der Waals surface area (Å²) >= 11 is 0. The number of hydrogen-bond donors (Lipinski definition) is 1. The lowest BCUT2D eigenvalue weighted by molar-refractivity contribution is -0.115. The number of anilines is 2. The summed E-state index contributed by atoms with van der Waals surface area (Å²) in [4.78, 5) is 30.9. The number of nitrogens with one attached hydrogen (secondary N) is 1. The zero-order valence-electron chi connectivity index (χ0n) is 15.3. The summed E-state index contributed by atoms with van der Waals surface area (Å²) in [6, 6.07) is 3.63. The van der Waals surface area contributed by atoms with Crippen molar-refractivity contribution < 1.29 is 9.59 Å². The summed E-state index contributed by atoms with van der Waals surface area (Å²) in [6.45, 7) is 6.58. The van der Waals surface area contributed by atoms with Gasteiger partial charge in [-0.25, -0.2) is 0 Å². The summed E-state index contributed by atoms with van der Waals surface area (Å²) in [5.41, 5.74) is 2.57. The summed E-state index contributed by atoms with van der Waals surface area (Å²) in [5, 5.41) is 7.47. The van der Waals surface area contributed by atoms with Crippen LogP contribution in [0.3, 0.4) is 0 Å². The molecule has 0 saturated heterocycles. The molecule has 4 rings (SSSR count). The number of carbonyl (C=O) groups excluding carboxylic acids is 2. The topological polar surface area (TPSA) is 80.1 Å². The summed E-state index contributed by atoms with van der Waals surface area (Å²) in [7, 11) is 0. The van der Waals surface area contributed by atoms with Crippen LogP contribution in [0.5, 0.6) is 0 Å². The second kappa shape index (κ2) is 5.93. The van der Waals surface area contributed by atoms with Crippen molar-refractivity contribution in [1.82, 2.24) is 14.8 Å². The molecular weight excluding hydrogens is 330 g/mol. The molecule has 7 heteroatoms. The van der Waals surface area contributed by atoms with Crippen LogP contribution in [0.15, 0.2) is 24.5 Å². The van der Waals surface area contributed by atoms with Crippen molar-refractivity contribution in [3.8, 4) is 0 Å². The predicted molar refractivity (Wildman–Crippen MR) is 98.4 cm³/mol. The second-order valence-electron chi connectivity index (χ2n) is 7.96. The Kier molecular flexibility index (Phi) is 3.82. The number of rotatable bonds is 2. The van der Waals surface area contributed by atoms with E-state index in [9.17, 15) is 9.59 Å². The van der Waals surface area contributed by atoms with Crippen LogP contribution in [0, 0.1) is 0 Å². The molecule has 26 heavy (non-hydrogen) atoms. The van der Waals surface area contributed by atoms with Gasteiger partial charge in [0.2, 0.25) is 5.91 Å². The first-order valence-corrected chi connectivity index (χ1v) is 9.01. The smallest absolute Gasteiger partial charge is 0.278 e. The maximum atomic E-state index is 13.2. The average molecular weight is 353 g/mol. The molecule has 1 fully saturated rings. The molecule has 0 spiro atoms. The van der Waals surface area contributed by atoms with Crippen molar-refractivity contribution in [3.63, 3.8) is 0 Å².